The van der Waals surface area contributed by atoms with Gasteiger partial charge in [0.05, 0.1) is 5.69 Å². The molecule has 1 heterocycles. The molecule has 1 aromatic heterocycles. The van der Waals surface area contributed by atoms with Crippen LogP contribution in [-0.2, 0) is 16.8 Å². The van der Waals surface area contributed by atoms with Gasteiger partial charge in [-0.3, -0.25) is 0 Å². The Morgan fingerprint density at radius 3 is 2.58 bits per heavy atom. The third-order valence-corrected chi connectivity index (χ3v) is 4.96. The highest BCUT2D eigenvalue weighted by Gasteiger charge is 2.39. The zero-order valence-electron chi connectivity index (χ0n) is 11.7. The van der Waals surface area contributed by atoms with Crippen molar-refractivity contribution in [2.75, 3.05) is 7.11 Å². The number of hydrogen-bond acceptors (Lipinski definition) is 4. The van der Waals surface area contributed by atoms with E-state index in [9.17, 15) is 9.90 Å². The van der Waals surface area contributed by atoms with E-state index in [1.807, 2.05) is 0 Å². The van der Waals surface area contributed by atoms with Crippen LogP contribution in [0.2, 0.25) is 0 Å². The fraction of sp³-hybridized carbons (Fsp3) is 0.714. The Bertz CT molecular complexity index is 461. The first-order valence-electron chi connectivity index (χ1n) is 6.77. The monoisotopic (exact) mass is 283 g/mol. The molecule has 1 saturated carbocycles. The van der Waals surface area contributed by atoms with Crippen LogP contribution in [0.3, 0.4) is 0 Å². The van der Waals surface area contributed by atoms with Gasteiger partial charge in [-0.25, -0.2) is 9.78 Å². The minimum absolute atomic E-state index is 0.343. The van der Waals surface area contributed by atoms with Crippen LogP contribution in [0.4, 0.5) is 0 Å². The van der Waals surface area contributed by atoms with Crippen molar-refractivity contribution in [2.24, 2.45) is 5.92 Å². The molecule has 0 aliphatic heterocycles. The first-order valence-corrected chi connectivity index (χ1v) is 7.59. The number of carboxylic acid groups (broad SMARTS) is 1. The predicted octanol–water partition coefficient (Wildman–Crippen LogP) is 3.46. The number of rotatable bonds is 5. The van der Waals surface area contributed by atoms with Gasteiger partial charge in [-0.15, -0.1) is 11.3 Å². The van der Waals surface area contributed by atoms with Crippen LogP contribution in [0.25, 0.3) is 0 Å². The van der Waals surface area contributed by atoms with Gasteiger partial charge in [-0.2, -0.15) is 0 Å². The van der Waals surface area contributed by atoms with Crippen molar-refractivity contribution in [1.82, 2.24) is 4.98 Å². The largest absolute Gasteiger partial charge is 0.477 e. The molecule has 1 aliphatic carbocycles. The Kier molecular flexibility index (Phi) is 4.26. The molecule has 0 unspecified atom stereocenters. The Hall–Kier alpha value is -0.940. The highest BCUT2D eigenvalue weighted by molar-refractivity contribution is 7.13. The lowest BCUT2D eigenvalue weighted by atomic mass is 10.0. The van der Waals surface area contributed by atoms with E-state index in [-0.39, 0.29) is 5.60 Å². The average molecular weight is 283 g/mol. The lowest BCUT2D eigenvalue weighted by Gasteiger charge is -2.24. The van der Waals surface area contributed by atoms with E-state index in [2.05, 4.69) is 18.8 Å². The highest BCUT2D eigenvalue weighted by Crippen LogP contribution is 2.44. The fourth-order valence-electron chi connectivity index (χ4n) is 2.69. The molecule has 0 bridgehead atoms. The maximum atomic E-state index is 11.4. The second kappa shape index (κ2) is 5.59. The van der Waals surface area contributed by atoms with Crippen molar-refractivity contribution in [1.29, 1.82) is 0 Å². The van der Waals surface area contributed by atoms with Gasteiger partial charge in [0, 0.05) is 7.11 Å². The SMILES string of the molecule is COC1(c2nc(CC(C)C)c(C(=O)O)s2)CCCC1. The lowest BCUT2D eigenvalue weighted by Crippen LogP contribution is -2.24. The van der Waals surface area contributed by atoms with Crippen molar-refractivity contribution in [3.8, 4) is 0 Å². The molecule has 0 aromatic carbocycles. The molecule has 1 aliphatic rings. The molecular formula is C14H21NO3S. The summed E-state index contributed by atoms with van der Waals surface area (Å²) in [5, 5.41) is 10.2. The number of carbonyl (C=O) groups is 1. The van der Waals surface area contributed by atoms with Crippen molar-refractivity contribution in [2.45, 2.75) is 51.6 Å². The minimum atomic E-state index is -0.872. The van der Waals surface area contributed by atoms with Gasteiger partial charge >= 0.3 is 5.97 Å². The number of thiazole rings is 1. The smallest absolute Gasteiger partial charge is 0.347 e. The van der Waals surface area contributed by atoms with Gasteiger partial charge in [-0.05, 0) is 25.2 Å². The van der Waals surface area contributed by atoms with Crippen LogP contribution >= 0.6 is 11.3 Å². The van der Waals surface area contributed by atoms with Gasteiger partial charge in [0.15, 0.2) is 0 Å². The Morgan fingerprint density at radius 2 is 2.11 bits per heavy atom. The first kappa shape index (κ1) is 14.5. The van der Waals surface area contributed by atoms with E-state index in [4.69, 9.17) is 4.74 Å². The van der Waals surface area contributed by atoms with Gasteiger partial charge < -0.3 is 9.84 Å². The highest BCUT2D eigenvalue weighted by atomic mass is 32.1. The summed E-state index contributed by atoms with van der Waals surface area (Å²) in [4.78, 5) is 16.3. The molecule has 4 nitrogen and oxygen atoms in total. The summed E-state index contributed by atoms with van der Waals surface area (Å²) in [7, 11) is 1.70. The molecule has 0 spiro atoms. The summed E-state index contributed by atoms with van der Waals surface area (Å²) in [6, 6.07) is 0. The van der Waals surface area contributed by atoms with Crippen LogP contribution in [0, 0.1) is 5.92 Å². The van der Waals surface area contributed by atoms with Crippen LogP contribution in [0.1, 0.15) is 59.9 Å². The number of methoxy groups -OCH3 is 1. The summed E-state index contributed by atoms with van der Waals surface area (Å²) < 4.78 is 5.69. The molecule has 0 atom stereocenters. The number of aromatic carboxylic acids is 1. The molecule has 5 heteroatoms. The van der Waals surface area contributed by atoms with E-state index in [1.165, 1.54) is 11.3 Å². The number of aromatic nitrogens is 1. The summed E-state index contributed by atoms with van der Waals surface area (Å²) in [6.07, 6.45) is 4.83. The Balaban J connectivity index is 2.39. The van der Waals surface area contributed by atoms with Gasteiger partial charge in [0.1, 0.15) is 15.5 Å². The Morgan fingerprint density at radius 1 is 1.47 bits per heavy atom. The number of nitrogens with zero attached hydrogens (tertiary/aromatic N) is 1. The average Bonchev–Trinajstić information content (AvgIpc) is 2.94. The number of hydrogen-bond donors (Lipinski definition) is 1. The van der Waals surface area contributed by atoms with Crippen LogP contribution in [0.5, 0.6) is 0 Å². The van der Waals surface area contributed by atoms with E-state index in [0.29, 0.717) is 22.9 Å². The second-order valence-corrected chi connectivity index (χ2v) is 6.60. The van der Waals surface area contributed by atoms with E-state index in [1.54, 1.807) is 7.11 Å². The molecule has 1 N–H and O–H groups in total. The maximum Gasteiger partial charge on any atom is 0.347 e. The van der Waals surface area contributed by atoms with Crippen molar-refractivity contribution < 1.29 is 14.6 Å². The predicted molar refractivity (Wildman–Crippen MR) is 74.8 cm³/mol. The van der Waals surface area contributed by atoms with Gasteiger partial charge in [-0.1, -0.05) is 26.7 Å². The maximum absolute atomic E-state index is 11.4. The van der Waals surface area contributed by atoms with Crippen LogP contribution < -0.4 is 0 Å². The molecule has 1 fully saturated rings. The topological polar surface area (TPSA) is 59.4 Å². The minimum Gasteiger partial charge on any atom is -0.477 e. The summed E-state index contributed by atoms with van der Waals surface area (Å²) in [6.45, 7) is 4.15. The molecule has 106 valence electrons. The quantitative estimate of drug-likeness (QED) is 0.899. The van der Waals surface area contributed by atoms with E-state index in [0.717, 1.165) is 30.7 Å². The molecule has 19 heavy (non-hydrogen) atoms. The third-order valence-electron chi connectivity index (χ3n) is 3.68. The van der Waals surface area contributed by atoms with Crippen molar-refractivity contribution in [3.63, 3.8) is 0 Å². The zero-order valence-corrected chi connectivity index (χ0v) is 12.5. The molecule has 2 rings (SSSR count). The standard InChI is InChI=1S/C14H21NO3S/c1-9(2)8-10-11(12(16)17)19-13(15-10)14(18-3)6-4-5-7-14/h9H,4-8H2,1-3H3,(H,16,17). The zero-order chi connectivity index (χ0) is 14.0. The third kappa shape index (κ3) is 2.82. The number of carboxylic acids is 1. The van der Waals surface area contributed by atoms with Crippen molar-refractivity contribution in [3.05, 3.63) is 15.6 Å². The normalized spacial score (nSPS) is 18.1. The molecule has 0 radical (unpaired) electrons. The van der Waals surface area contributed by atoms with Crippen molar-refractivity contribution >= 4 is 17.3 Å². The molecule has 0 saturated heterocycles. The van der Waals surface area contributed by atoms with Gasteiger partial charge in [0.25, 0.3) is 0 Å². The summed E-state index contributed by atoms with van der Waals surface area (Å²) in [5.74, 6) is -0.473. The lowest BCUT2D eigenvalue weighted by molar-refractivity contribution is -0.00897. The van der Waals surface area contributed by atoms with E-state index < -0.39 is 5.97 Å². The second-order valence-electron chi connectivity index (χ2n) is 5.60. The first-order chi connectivity index (χ1) is 8.98. The van der Waals surface area contributed by atoms with Gasteiger partial charge in [0.2, 0.25) is 0 Å². The molecule has 0 amide bonds. The van der Waals surface area contributed by atoms with Crippen LogP contribution in [0.15, 0.2) is 0 Å². The molecule has 1 aromatic rings. The molecular weight excluding hydrogens is 262 g/mol. The number of ether oxygens (including phenoxy) is 1. The fourth-order valence-corrected chi connectivity index (χ4v) is 3.85. The summed E-state index contributed by atoms with van der Waals surface area (Å²) in [5.41, 5.74) is 0.371. The van der Waals surface area contributed by atoms with Crippen LogP contribution in [-0.4, -0.2) is 23.2 Å². The summed E-state index contributed by atoms with van der Waals surface area (Å²) >= 11 is 1.29. The van der Waals surface area contributed by atoms with E-state index >= 15 is 0 Å². The Labute approximate surface area is 117 Å².